The summed E-state index contributed by atoms with van der Waals surface area (Å²) in [6, 6.07) is 9.02. The molecule has 0 aromatic heterocycles. The monoisotopic (exact) mass is 351 g/mol. The lowest BCUT2D eigenvalue weighted by atomic mass is 10.0. The molecule has 7 heteroatoms. The van der Waals surface area contributed by atoms with E-state index in [4.69, 9.17) is 18.9 Å². The number of rotatable bonds is 5. The van der Waals surface area contributed by atoms with E-state index in [1.54, 1.807) is 0 Å². The maximum Gasteiger partial charge on any atom is 0.217 e. The lowest BCUT2D eigenvalue weighted by Gasteiger charge is -2.27. The third kappa shape index (κ3) is 4.37. The maximum absolute atomic E-state index is 11.5. The third-order valence-electron chi connectivity index (χ3n) is 4.33. The highest BCUT2D eigenvalue weighted by Gasteiger charge is 2.52. The number of hydrogen-bond acceptors (Lipinski definition) is 6. The zero-order valence-corrected chi connectivity index (χ0v) is 14.7. The Morgan fingerprint density at radius 1 is 1.36 bits per heavy atom. The first-order valence-electron chi connectivity index (χ1n) is 8.44. The van der Waals surface area contributed by atoms with E-state index in [-0.39, 0.29) is 12.0 Å². The van der Waals surface area contributed by atoms with Crippen molar-refractivity contribution >= 4 is 5.91 Å². The van der Waals surface area contributed by atoms with Crippen LogP contribution in [0.1, 0.15) is 26.3 Å². The van der Waals surface area contributed by atoms with E-state index in [0.29, 0.717) is 13.2 Å². The zero-order valence-electron chi connectivity index (χ0n) is 14.7. The summed E-state index contributed by atoms with van der Waals surface area (Å²) in [4.78, 5) is 11.5. The molecule has 0 aliphatic carbocycles. The lowest BCUT2D eigenvalue weighted by molar-refractivity contribution is -0.178. The summed E-state index contributed by atoms with van der Waals surface area (Å²) in [5, 5.41) is 13.0. The van der Waals surface area contributed by atoms with Gasteiger partial charge in [-0.2, -0.15) is 0 Å². The van der Waals surface area contributed by atoms with Gasteiger partial charge in [0.1, 0.15) is 24.4 Å². The minimum Gasteiger partial charge on any atom is -0.368 e. The van der Waals surface area contributed by atoms with Crippen LogP contribution in [0, 0.1) is 0 Å². The average Bonchev–Trinajstić information content (AvgIpc) is 3.06. The van der Waals surface area contributed by atoms with Gasteiger partial charge in [0, 0.05) is 6.92 Å². The molecule has 138 valence electrons. The van der Waals surface area contributed by atoms with E-state index in [1.165, 1.54) is 6.92 Å². The van der Waals surface area contributed by atoms with Gasteiger partial charge in [-0.05, 0) is 19.4 Å². The molecule has 2 aliphatic rings. The maximum atomic E-state index is 11.5. The molecule has 0 saturated carbocycles. The van der Waals surface area contributed by atoms with Gasteiger partial charge in [0.05, 0.1) is 13.2 Å². The zero-order chi connectivity index (χ0) is 18.0. The molecule has 3 rings (SSSR count). The van der Waals surface area contributed by atoms with Crippen molar-refractivity contribution < 1.29 is 28.8 Å². The van der Waals surface area contributed by atoms with Crippen LogP contribution in [0.3, 0.4) is 0 Å². The predicted octanol–water partition coefficient (Wildman–Crippen LogP) is 0.945. The van der Waals surface area contributed by atoms with Gasteiger partial charge < -0.3 is 29.4 Å². The highest BCUT2D eigenvalue weighted by atomic mass is 16.8. The first-order chi connectivity index (χ1) is 11.9. The van der Waals surface area contributed by atoms with Crippen LogP contribution < -0.4 is 5.32 Å². The Bertz CT molecular complexity index is 592. The molecule has 2 saturated heterocycles. The lowest BCUT2D eigenvalue weighted by Crippen LogP contribution is -2.50. The number of ether oxygens (including phenoxy) is 4. The average molecular weight is 351 g/mol. The molecule has 0 spiro atoms. The molecule has 2 fully saturated rings. The number of nitrogens with one attached hydrogen (secondary N) is 1. The topological polar surface area (TPSA) is 86.3 Å². The molecule has 0 bridgehead atoms. The van der Waals surface area contributed by atoms with Gasteiger partial charge in [0.15, 0.2) is 12.1 Å². The van der Waals surface area contributed by atoms with Crippen LogP contribution >= 0.6 is 0 Å². The fraction of sp³-hybridized carbons (Fsp3) is 0.611. The van der Waals surface area contributed by atoms with Crippen LogP contribution in [0.5, 0.6) is 0 Å². The Morgan fingerprint density at radius 3 is 2.68 bits per heavy atom. The molecule has 7 nitrogen and oxygen atoms in total. The van der Waals surface area contributed by atoms with Crippen LogP contribution in [0.4, 0.5) is 0 Å². The molecule has 0 radical (unpaired) electrons. The first-order valence-corrected chi connectivity index (χ1v) is 8.44. The van der Waals surface area contributed by atoms with E-state index in [2.05, 4.69) is 5.32 Å². The van der Waals surface area contributed by atoms with Crippen molar-refractivity contribution in [2.75, 3.05) is 6.61 Å². The van der Waals surface area contributed by atoms with Gasteiger partial charge in [0.2, 0.25) is 5.91 Å². The van der Waals surface area contributed by atoms with Crippen molar-refractivity contribution in [3.63, 3.8) is 0 Å². The van der Waals surface area contributed by atoms with Gasteiger partial charge in [-0.25, -0.2) is 0 Å². The summed E-state index contributed by atoms with van der Waals surface area (Å²) in [6.45, 7) is 5.72. The van der Waals surface area contributed by atoms with E-state index < -0.39 is 30.3 Å². The first kappa shape index (κ1) is 18.3. The summed E-state index contributed by atoms with van der Waals surface area (Å²) in [6.07, 6.45) is -2.65. The number of carbonyl (C=O) groups excluding carboxylic acids is 1. The summed E-state index contributed by atoms with van der Waals surface area (Å²) in [5.74, 6) is -0.972. The van der Waals surface area contributed by atoms with Crippen molar-refractivity contribution in [2.24, 2.45) is 0 Å². The molecular weight excluding hydrogens is 326 g/mol. The molecular formula is C18H25NO6. The quantitative estimate of drug-likeness (QED) is 0.821. The van der Waals surface area contributed by atoms with Crippen LogP contribution in [0.25, 0.3) is 0 Å². The second kappa shape index (κ2) is 7.39. The van der Waals surface area contributed by atoms with Crippen molar-refractivity contribution in [3.05, 3.63) is 35.9 Å². The predicted molar refractivity (Wildman–Crippen MR) is 88.4 cm³/mol. The number of aliphatic hydroxyl groups excluding tert-OH is 1. The Morgan fingerprint density at radius 2 is 2.08 bits per heavy atom. The molecule has 5 atom stereocenters. The van der Waals surface area contributed by atoms with Crippen molar-refractivity contribution in [2.45, 2.75) is 63.8 Å². The van der Waals surface area contributed by atoms with Crippen LogP contribution in [0.2, 0.25) is 0 Å². The van der Waals surface area contributed by atoms with Gasteiger partial charge in [-0.3, -0.25) is 4.79 Å². The standard InChI is InChI=1S/C18H25NO6/c1-11(20)19-14-16(22-9-12-7-5-4-6-8-12)15(24-17(14)21)13-10-23-18(2,3)25-13/h4-8,13-17,21H,9-10H2,1-3H3,(H,19,20)/t13-,14-,15-,16-,17+/m1/s1. The van der Waals surface area contributed by atoms with Crippen LogP contribution in [0.15, 0.2) is 30.3 Å². The number of hydrogen-bond donors (Lipinski definition) is 2. The van der Waals surface area contributed by atoms with Gasteiger partial charge >= 0.3 is 0 Å². The molecule has 1 aromatic carbocycles. The van der Waals surface area contributed by atoms with E-state index in [9.17, 15) is 9.90 Å². The summed E-state index contributed by atoms with van der Waals surface area (Å²) in [5.41, 5.74) is 0.994. The highest BCUT2D eigenvalue weighted by Crippen LogP contribution is 2.33. The number of aliphatic hydroxyl groups is 1. The second-order valence-corrected chi connectivity index (χ2v) is 6.85. The van der Waals surface area contributed by atoms with E-state index in [1.807, 2.05) is 44.2 Å². The Hall–Kier alpha value is -1.51. The molecule has 2 N–H and O–H groups in total. The molecule has 2 aliphatic heterocycles. The number of carbonyl (C=O) groups is 1. The van der Waals surface area contributed by atoms with E-state index >= 15 is 0 Å². The summed E-state index contributed by atoms with van der Waals surface area (Å²) in [7, 11) is 0. The molecule has 1 aromatic rings. The Labute approximate surface area is 147 Å². The van der Waals surface area contributed by atoms with Crippen molar-refractivity contribution in [1.82, 2.24) is 5.32 Å². The minimum absolute atomic E-state index is 0.259. The fourth-order valence-electron chi connectivity index (χ4n) is 3.22. The van der Waals surface area contributed by atoms with Crippen LogP contribution in [-0.2, 0) is 30.3 Å². The molecule has 25 heavy (non-hydrogen) atoms. The normalized spacial score (nSPS) is 34.2. The summed E-state index contributed by atoms with van der Waals surface area (Å²) >= 11 is 0. The van der Waals surface area contributed by atoms with E-state index in [0.717, 1.165) is 5.56 Å². The van der Waals surface area contributed by atoms with Crippen molar-refractivity contribution in [3.8, 4) is 0 Å². The minimum atomic E-state index is -1.16. The van der Waals surface area contributed by atoms with Gasteiger partial charge in [0.25, 0.3) is 0 Å². The molecule has 1 amide bonds. The Kier molecular flexibility index (Phi) is 5.41. The smallest absolute Gasteiger partial charge is 0.217 e. The molecule has 0 unspecified atom stereocenters. The second-order valence-electron chi connectivity index (χ2n) is 6.85. The van der Waals surface area contributed by atoms with Crippen LogP contribution in [-0.4, -0.2) is 54.1 Å². The number of amides is 1. The fourth-order valence-corrected chi connectivity index (χ4v) is 3.22. The molecule has 2 heterocycles. The van der Waals surface area contributed by atoms with Crippen molar-refractivity contribution in [1.29, 1.82) is 0 Å². The Balaban J connectivity index is 1.74. The van der Waals surface area contributed by atoms with Gasteiger partial charge in [-0.15, -0.1) is 0 Å². The highest BCUT2D eigenvalue weighted by molar-refractivity contribution is 5.73. The number of benzene rings is 1. The third-order valence-corrected chi connectivity index (χ3v) is 4.33. The largest absolute Gasteiger partial charge is 0.368 e. The van der Waals surface area contributed by atoms with Gasteiger partial charge in [-0.1, -0.05) is 30.3 Å². The summed E-state index contributed by atoms with van der Waals surface area (Å²) < 4.78 is 23.2. The SMILES string of the molecule is CC(=O)N[C@@H]1[C@@H](OCc2ccccc2)[C@@H]([C@H]2COC(C)(C)O2)O[C@@H]1O.